The number of aromatic hydroxyl groups is 1. The molecule has 1 aliphatic heterocycles. The highest BCUT2D eigenvalue weighted by Gasteiger charge is 2.30. The molecule has 148 valence electrons. The molecule has 0 unspecified atom stereocenters. The number of amides is 2. The molecule has 0 radical (unpaired) electrons. The zero-order valence-electron chi connectivity index (χ0n) is 15.6. The van der Waals surface area contributed by atoms with E-state index in [0.717, 1.165) is 0 Å². The monoisotopic (exact) mass is 402 g/mol. The Labute approximate surface area is 169 Å². The van der Waals surface area contributed by atoms with Gasteiger partial charge in [0.2, 0.25) is 5.91 Å². The summed E-state index contributed by atoms with van der Waals surface area (Å²) in [6, 6.07) is 13.5. The van der Waals surface area contributed by atoms with Crippen LogP contribution in [0.15, 0.2) is 48.5 Å². The lowest BCUT2D eigenvalue weighted by molar-refractivity contribution is -0.140. The van der Waals surface area contributed by atoms with Gasteiger partial charge in [0.05, 0.1) is 5.69 Å². The van der Waals surface area contributed by atoms with Gasteiger partial charge in [-0.25, -0.2) is 0 Å². The Hall–Kier alpha value is -2.73. The van der Waals surface area contributed by atoms with E-state index in [-0.39, 0.29) is 23.5 Å². The van der Waals surface area contributed by atoms with Gasteiger partial charge in [0.1, 0.15) is 11.5 Å². The quantitative estimate of drug-likeness (QED) is 0.747. The van der Waals surface area contributed by atoms with Crippen LogP contribution in [0.25, 0.3) is 0 Å². The highest BCUT2D eigenvalue weighted by molar-refractivity contribution is 6.30. The van der Waals surface area contributed by atoms with Gasteiger partial charge in [-0.1, -0.05) is 23.7 Å². The third-order valence-electron chi connectivity index (χ3n) is 4.81. The van der Waals surface area contributed by atoms with Gasteiger partial charge < -0.3 is 20.1 Å². The van der Waals surface area contributed by atoms with E-state index in [1.165, 1.54) is 6.07 Å². The minimum absolute atomic E-state index is 0.0386. The lowest BCUT2D eigenvalue weighted by Crippen LogP contribution is -2.46. The number of piperidine rings is 1. The number of nitrogens with one attached hydrogen (secondary N) is 1. The van der Waals surface area contributed by atoms with Gasteiger partial charge in [-0.15, -0.1) is 0 Å². The smallest absolute Gasteiger partial charge is 0.263 e. The van der Waals surface area contributed by atoms with Gasteiger partial charge in [-0.2, -0.15) is 0 Å². The Morgan fingerprint density at radius 2 is 1.79 bits per heavy atom. The summed E-state index contributed by atoms with van der Waals surface area (Å²) in [5.74, 6) is 0.184. The minimum atomic E-state index is -0.618. The van der Waals surface area contributed by atoms with Gasteiger partial charge in [-0.3, -0.25) is 9.59 Å². The van der Waals surface area contributed by atoms with Crippen LogP contribution in [-0.4, -0.2) is 41.0 Å². The van der Waals surface area contributed by atoms with E-state index in [1.54, 1.807) is 54.3 Å². The maximum atomic E-state index is 12.6. The molecule has 1 fully saturated rings. The van der Waals surface area contributed by atoms with E-state index in [2.05, 4.69) is 5.32 Å². The van der Waals surface area contributed by atoms with E-state index < -0.39 is 6.10 Å². The number of rotatable bonds is 5. The summed E-state index contributed by atoms with van der Waals surface area (Å²) < 4.78 is 5.69. The summed E-state index contributed by atoms with van der Waals surface area (Å²) in [5, 5.41) is 13.1. The topological polar surface area (TPSA) is 78.9 Å². The molecule has 1 heterocycles. The first-order valence-electron chi connectivity index (χ1n) is 9.24. The van der Waals surface area contributed by atoms with Crippen molar-refractivity contribution in [1.82, 2.24) is 4.90 Å². The number of benzene rings is 2. The molecule has 2 N–H and O–H groups in total. The molecule has 0 aromatic heterocycles. The molecule has 0 aliphatic carbocycles. The molecular formula is C21H23ClN2O4. The van der Waals surface area contributed by atoms with Crippen LogP contribution in [0.3, 0.4) is 0 Å². The maximum absolute atomic E-state index is 12.6. The van der Waals surface area contributed by atoms with E-state index >= 15 is 0 Å². The van der Waals surface area contributed by atoms with Gasteiger partial charge in [0, 0.05) is 24.0 Å². The van der Waals surface area contributed by atoms with E-state index in [4.69, 9.17) is 16.3 Å². The van der Waals surface area contributed by atoms with Crippen molar-refractivity contribution in [3.63, 3.8) is 0 Å². The molecule has 2 aromatic carbocycles. The van der Waals surface area contributed by atoms with Crippen molar-refractivity contribution in [2.45, 2.75) is 25.9 Å². The number of likely N-dealkylation sites (tertiary alicyclic amines) is 1. The molecular weight excluding hydrogens is 380 g/mol. The molecule has 28 heavy (non-hydrogen) atoms. The first kappa shape index (κ1) is 20.0. The second kappa shape index (κ2) is 8.97. The molecule has 2 amide bonds. The SMILES string of the molecule is C[C@H](Oc1ccc(Cl)cc1)C(=O)N1CCC(C(=O)Nc2ccccc2O)CC1. The van der Waals surface area contributed by atoms with Crippen molar-refractivity contribution >= 4 is 29.1 Å². The second-order valence-corrected chi connectivity index (χ2v) is 7.26. The van der Waals surface area contributed by atoms with Crippen LogP contribution in [0.1, 0.15) is 19.8 Å². The van der Waals surface area contributed by atoms with Crippen molar-refractivity contribution in [2.75, 3.05) is 18.4 Å². The number of carbonyl (C=O) groups excluding carboxylic acids is 2. The Balaban J connectivity index is 1.50. The van der Waals surface area contributed by atoms with Gasteiger partial charge in [-0.05, 0) is 56.2 Å². The molecule has 1 saturated heterocycles. The molecule has 2 aromatic rings. The van der Waals surface area contributed by atoms with Crippen molar-refractivity contribution < 1.29 is 19.4 Å². The third kappa shape index (κ3) is 4.95. The molecule has 3 rings (SSSR count). The molecule has 0 spiro atoms. The zero-order chi connectivity index (χ0) is 20.1. The van der Waals surface area contributed by atoms with E-state index in [9.17, 15) is 14.7 Å². The summed E-state index contributed by atoms with van der Waals surface area (Å²) in [5.41, 5.74) is 0.399. The molecule has 1 atom stereocenters. The standard InChI is InChI=1S/C21H23ClN2O4/c1-14(28-17-8-6-16(22)7-9-17)21(27)24-12-10-15(11-13-24)20(26)23-18-4-2-3-5-19(18)25/h2-9,14-15,25H,10-13H2,1H3,(H,23,26)/t14-/m0/s1. The third-order valence-corrected chi connectivity index (χ3v) is 5.07. The second-order valence-electron chi connectivity index (χ2n) is 6.82. The fourth-order valence-electron chi connectivity index (χ4n) is 3.20. The molecule has 7 heteroatoms. The lowest BCUT2D eigenvalue weighted by Gasteiger charge is -2.33. The summed E-state index contributed by atoms with van der Waals surface area (Å²) in [7, 11) is 0. The lowest BCUT2D eigenvalue weighted by atomic mass is 9.95. The highest BCUT2D eigenvalue weighted by Crippen LogP contribution is 2.25. The number of anilines is 1. The summed E-state index contributed by atoms with van der Waals surface area (Å²) in [6.07, 6.45) is 0.519. The number of carbonyl (C=O) groups is 2. The van der Waals surface area contributed by atoms with Crippen LogP contribution in [0.5, 0.6) is 11.5 Å². The minimum Gasteiger partial charge on any atom is -0.506 e. The fourth-order valence-corrected chi connectivity index (χ4v) is 3.33. The number of ether oxygens (including phenoxy) is 1. The van der Waals surface area contributed by atoms with E-state index in [1.807, 2.05) is 0 Å². The van der Waals surface area contributed by atoms with Crippen molar-refractivity contribution in [3.05, 3.63) is 53.6 Å². The predicted octanol–water partition coefficient (Wildman–Crippen LogP) is 3.69. The van der Waals surface area contributed by atoms with Crippen molar-refractivity contribution in [2.24, 2.45) is 5.92 Å². The van der Waals surface area contributed by atoms with Crippen LogP contribution < -0.4 is 10.1 Å². The van der Waals surface area contributed by atoms with Crippen molar-refractivity contribution in [1.29, 1.82) is 0 Å². The normalized spacial score (nSPS) is 15.7. The first-order chi connectivity index (χ1) is 13.4. The number of nitrogens with zero attached hydrogens (tertiary/aromatic N) is 1. The van der Waals surface area contributed by atoms with Crippen LogP contribution in [0.2, 0.25) is 5.02 Å². The van der Waals surface area contributed by atoms with Crippen LogP contribution in [-0.2, 0) is 9.59 Å². The number of phenolic OH excluding ortho intramolecular Hbond substituents is 1. The number of para-hydroxylation sites is 2. The van der Waals surface area contributed by atoms with Crippen LogP contribution in [0.4, 0.5) is 5.69 Å². The van der Waals surface area contributed by atoms with Gasteiger partial charge >= 0.3 is 0 Å². The molecule has 0 saturated carbocycles. The van der Waals surface area contributed by atoms with Gasteiger partial charge in [0.15, 0.2) is 6.10 Å². The van der Waals surface area contributed by atoms with Gasteiger partial charge in [0.25, 0.3) is 5.91 Å². The summed E-state index contributed by atoms with van der Waals surface area (Å²) >= 11 is 5.85. The molecule has 6 nitrogen and oxygen atoms in total. The number of hydrogen-bond acceptors (Lipinski definition) is 4. The Kier molecular flexibility index (Phi) is 6.41. The summed E-state index contributed by atoms with van der Waals surface area (Å²) in [6.45, 7) is 2.70. The van der Waals surface area contributed by atoms with E-state index in [0.29, 0.717) is 42.4 Å². The van der Waals surface area contributed by atoms with Crippen LogP contribution in [0, 0.1) is 5.92 Å². The number of hydrogen-bond donors (Lipinski definition) is 2. The summed E-state index contributed by atoms with van der Waals surface area (Å²) in [4.78, 5) is 26.8. The number of phenols is 1. The predicted molar refractivity (Wildman–Crippen MR) is 108 cm³/mol. The van der Waals surface area contributed by atoms with Crippen LogP contribution >= 0.6 is 11.6 Å². The molecule has 1 aliphatic rings. The Morgan fingerprint density at radius 1 is 1.14 bits per heavy atom. The fraction of sp³-hybridized carbons (Fsp3) is 0.333. The first-order valence-corrected chi connectivity index (χ1v) is 9.61. The average Bonchev–Trinajstić information content (AvgIpc) is 2.71. The Morgan fingerprint density at radius 3 is 2.43 bits per heavy atom. The zero-order valence-corrected chi connectivity index (χ0v) is 16.4. The Bertz CT molecular complexity index is 833. The molecule has 0 bridgehead atoms. The maximum Gasteiger partial charge on any atom is 0.263 e. The largest absolute Gasteiger partial charge is 0.506 e. The number of halogens is 1. The average molecular weight is 403 g/mol. The van der Waals surface area contributed by atoms with Crippen molar-refractivity contribution in [3.8, 4) is 11.5 Å². The highest BCUT2D eigenvalue weighted by atomic mass is 35.5.